The molecule has 1 aromatic heterocycles. The van der Waals surface area contributed by atoms with Gasteiger partial charge in [-0.1, -0.05) is 37.3 Å². The monoisotopic (exact) mass is 423 g/mol. The summed E-state index contributed by atoms with van der Waals surface area (Å²) in [5.74, 6) is 2.35. The first-order valence-electron chi connectivity index (χ1n) is 11.1. The summed E-state index contributed by atoms with van der Waals surface area (Å²) in [6.45, 7) is 8.78. The van der Waals surface area contributed by atoms with Crippen molar-refractivity contribution < 1.29 is 18.6 Å². The SMILES string of the molecule is CCCOCCO[C@@H](C)Cc1ccc(OCCc2nc(-c3ccccc3)oc2C)cc1. The van der Waals surface area contributed by atoms with E-state index in [1.54, 1.807) is 0 Å². The van der Waals surface area contributed by atoms with Crippen LogP contribution in [0.3, 0.4) is 0 Å². The molecule has 1 atom stereocenters. The minimum atomic E-state index is 0.158. The highest BCUT2D eigenvalue weighted by molar-refractivity contribution is 5.53. The van der Waals surface area contributed by atoms with E-state index in [4.69, 9.17) is 18.6 Å². The fourth-order valence-corrected chi connectivity index (χ4v) is 3.30. The highest BCUT2D eigenvalue weighted by atomic mass is 16.5. The van der Waals surface area contributed by atoms with Crippen LogP contribution in [0.1, 0.15) is 37.3 Å². The molecule has 0 saturated heterocycles. The fraction of sp³-hybridized carbons (Fsp3) is 0.423. The molecule has 2 aromatic carbocycles. The molecule has 0 amide bonds. The van der Waals surface area contributed by atoms with Crippen molar-refractivity contribution in [2.45, 2.75) is 46.1 Å². The summed E-state index contributed by atoms with van der Waals surface area (Å²) in [6.07, 6.45) is 2.77. The summed E-state index contributed by atoms with van der Waals surface area (Å²) in [4.78, 5) is 4.63. The van der Waals surface area contributed by atoms with Crippen LogP contribution in [0.25, 0.3) is 11.5 Å². The van der Waals surface area contributed by atoms with Crippen LogP contribution in [0.5, 0.6) is 5.75 Å². The number of ether oxygens (including phenoxy) is 3. The maximum Gasteiger partial charge on any atom is 0.226 e. The van der Waals surface area contributed by atoms with Gasteiger partial charge in [-0.3, -0.25) is 0 Å². The predicted octanol–water partition coefficient (Wildman–Crippen LogP) is 5.65. The maximum absolute atomic E-state index is 5.91. The van der Waals surface area contributed by atoms with Gasteiger partial charge in [-0.2, -0.15) is 0 Å². The van der Waals surface area contributed by atoms with Crippen molar-refractivity contribution in [3.05, 3.63) is 71.6 Å². The standard InChI is InChI=1S/C26H33NO4/c1-4-15-28-17-18-29-20(2)19-22-10-12-24(13-11-22)30-16-14-25-21(3)31-26(27-25)23-8-6-5-7-9-23/h5-13,20H,4,14-19H2,1-3H3/t20-/m0/s1. The third-order valence-corrected chi connectivity index (χ3v) is 4.95. The quantitative estimate of drug-likeness (QED) is 0.333. The number of benzene rings is 2. The molecule has 0 spiro atoms. The average Bonchev–Trinajstić information content (AvgIpc) is 3.16. The summed E-state index contributed by atoms with van der Waals surface area (Å²) in [5, 5.41) is 0. The molecule has 0 fully saturated rings. The Balaban J connectivity index is 1.41. The van der Waals surface area contributed by atoms with Crippen LogP contribution < -0.4 is 4.74 Å². The second kappa shape index (κ2) is 12.3. The maximum atomic E-state index is 5.91. The van der Waals surface area contributed by atoms with Gasteiger partial charge in [0, 0.05) is 18.6 Å². The second-order valence-electron chi connectivity index (χ2n) is 7.63. The zero-order valence-corrected chi connectivity index (χ0v) is 18.8. The van der Waals surface area contributed by atoms with Crippen molar-refractivity contribution >= 4 is 0 Å². The molecule has 0 saturated carbocycles. The lowest BCUT2D eigenvalue weighted by Gasteiger charge is -2.14. The molecule has 0 N–H and O–H groups in total. The largest absolute Gasteiger partial charge is 0.493 e. The van der Waals surface area contributed by atoms with Crippen molar-refractivity contribution in [2.75, 3.05) is 26.4 Å². The Hall–Kier alpha value is -2.63. The molecule has 1 heterocycles. The number of oxazole rings is 1. The van der Waals surface area contributed by atoms with Gasteiger partial charge in [-0.05, 0) is 56.5 Å². The molecule has 5 heteroatoms. The average molecular weight is 424 g/mol. The Morgan fingerprint density at radius 2 is 1.71 bits per heavy atom. The van der Waals surface area contributed by atoms with Gasteiger partial charge in [0.1, 0.15) is 11.5 Å². The van der Waals surface area contributed by atoms with E-state index >= 15 is 0 Å². The summed E-state index contributed by atoms with van der Waals surface area (Å²) in [7, 11) is 0. The Morgan fingerprint density at radius 3 is 2.45 bits per heavy atom. The van der Waals surface area contributed by atoms with Gasteiger partial charge in [0.2, 0.25) is 5.89 Å². The van der Waals surface area contributed by atoms with E-state index in [1.165, 1.54) is 5.56 Å². The number of rotatable bonds is 13. The fourth-order valence-electron chi connectivity index (χ4n) is 3.30. The second-order valence-corrected chi connectivity index (χ2v) is 7.63. The Labute approximate surface area is 185 Å². The number of aromatic nitrogens is 1. The Morgan fingerprint density at radius 1 is 0.935 bits per heavy atom. The molecule has 3 rings (SSSR count). The van der Waals surface area contributed by atoms with Gasteiger partial charge >= 0.3 is 0 Å². The van der Waals surface area contributed by atoms with Crippen LogP contribution in [-0.4, -0.2) is 37.5 Å². The van der Waals surface area contributed by atoms with E-state index in [2.05, 4.69) is 31.0 Å². The number of hydrogen-bond acceptors (Lipinski definition) is 5. The summed E-state index contributed by atoms with van der Waals surface area (Å²) in [6, 6.07) is 18.2. The number of hydrogen-bond donors (Lipinski definition) is 0. The van der Waals surface area contributed by atoms with Crippen LogP contribution in [0.15, 0.2) is 59.0 Å². The van der Waals surface area contributed by atoms with Gasteiger partial charge in [0.05, 0.1) is 31.6 Å². The Kier molecular flexibility index (Phi) is 9.13. The molecule has 3 aromatic rings. The van der Waals surface area contributed by atoms with Gasteiger partial charge < -0.3 is 18.6 Å². The zero-order chi connectivity index (χ0) is 21.9. The lowest BCUT2D eigenvalue weighted by atomic mass is 10.1. The van der Waals surface area contributed by atoms with E-state index in [9.17, 15) is 0 Å². The van der Waals surface area contributed by atoms with Crippen LogP contribution in [0, 0.1) is 6.92 Å². The molecule has 0 aliphatic carbocycles. The van der Waals surface area contributed by atoms with Gasteiger partial charge in [0.25, 0.3) is 0 Å². The zero-order valence-electron chi connectivity index (χ0n) is 18.8. The van der Waals surface area contributed by atoms with Crippen LogP contribution in [-0.2, 0) is 22.3 Å². The van der Waals surface area contributed by atoms with E-state index in [-0.39, 0.29) is 6.10 Å². The lowest BCUT2D eigenvalue weighted by Crippen LogP contribution is -2.15. The molecule has 5 nitrogen and oxygen atoms in total. The van der Waals surface area contributed by atoms with E-state index in [0.29, 0.717) is 32.1 Å². The highest BCUT2D eigenvalue weighted by Crippen LogP contribution is 2.22. The molecule has 166 valence electrons. The van der Waals surface area contributed by atoms with Gasteiger partial charge in [-0.15, -0.1) is 0 Å². The number of nitrogens with zero attached hydrogens (tertiary/aromatic N) is 1. The van der Waals surface area contributed by atoms with Gasteiger partial charge in [0.15, 0.2) is 0 Å². The summed E-state index contributed by atoms with van der Waals surface area (Å²) >= 11 is 0. The van der Waals surface area contributed by atoms with E-state index in [0.717, 1.165) is 42.2 Å². The van der Waals surface area contributed by atoms with Crippen LogP contribution in [0.4, 0.5) is 0 Å². The normalized spacial score (nSPS) is 12.1. The molecular formula is C26H33NO4. The van der Waals surface area contributed by atoms with Crippen molar-refractivity contribution in [1.82, 2.24) is 4.98 Å². The lowest BCUT2D eigenvalue weighted by molar-refractivity contribution is 0.0128. The molecule has 0 aliphatic heterocycles. The molecule has 0 unspecified atom stereocenters. The molecule has 31 heavy (non-hydrogen) atoms. The first kappa shape index (κ1) is 23.0. The van der Waals surface area contributed by atoms with Crippen molar-refractivity contribution in [2.24, 2.45) is 0 Å². The van der Waals surface area contributed by atoms with Crippen molar-refractivity contribution in [3.63, 3.8) is 0 Å². The first-order chi connectivity index (χ1) is 15.2. The third kappa shape index (κ3) is 7.53. The Bertz CT molecular complexity index is 890. The van der Waals surface area contributed by atoms with Gasteiger partial charge in [-0.25, -0.2) is 4.98 Å². The minimum absolute atomic E-state index is 0.158. The third-order valence-electron chi connectivity index (χ3n) is 4.95. The minimum Gasteiger partial charge on any atom is -0.493 e. The van der Waals surface area contributed by atoms with Crippen LogP contribution >= 0.6 is 0 Å². The predicted molar refractivity (Wildman–Crippen MR) is 123 cm³/mol. The molecular weight excluding hydrogens is 390 g/mol. The van der Waals surface area contributed by atoms with Crippen molar-refractivity contribution in [1.29, 1.82) is 0 Å². The van der Waals surface area contributed by atoms with E-state index < -0.39 is 0 Å². The highest BCUT2D eigenvalue weighted by Gasteiger charge is 2.11. The molecule has 0 radical (unpaired) electrons. The summed E-state index contributed by atoms with van der Waals surface area (Å²) in [5.41, 5.74) is 3.15. The topological polar surface area (TPSA) is 53.7 Å². The molecule has 0 aliphatic rings. The van der Waals surface area contributed by atoms with Crippen molar-refractivity contribution in [3.8, 4) is 17.2 Å². The van der Waals surface area contributed by atoms with E-state index in [1.807, 2.05) is 49.4 Å². The number of aryl methyl sites for hydroxylation is 1. The molecule has 0 bridgehead atoms. The first-order valence-corrected chi connectivity index (χ1v) is 11.1. The summed E-state index contributed by atoms with van der Waals surface area (Å²) < 4.78 is 23.0. The van der Waals surface area contributed by atoms with Crippen LogP contribution in [0.2, 0.25) is 0 Å². The smallest absolute Gasteiger partial charge is 0.226 e.